The minimum absolute atomic E-state index is 0.332. The van der Waals surface area contributed by atoms with Gasteiger partial charge in [-0.2, -0.15) is 0 Å². The molecule has 0 saturated carbocycles. The Labute approximate surface area is 95.1 Å². The topological polar surface area (TPSA) is 44.8 Å². The molecule has 0 atom stereocenters. The Hall–Kier alpha value is -1.71. The maximum atomic E-state index is 11.7. The van der Waals surface area contributed by atoms with E-state index < -0.39 is 5.97 Å². The monoisotopic (exact) mass is 224 g/mol. The van der Waals surface area contributed by atoms with E-state index in [2.05, 4.69) is 0 Å². The van der Waals surface area contributed by atoms with Crippen LogP contribution in [-0.2, 0) is 4.74 Å². The Bertz CT molecular complexity index is 385. The number of hydrogen-bond acceptors (Lipinski definition) is 4. The van der Waals surface area contributed by atoms with E-state index >= 15 is 0 Å². The van der Waals surface area contributed by atoms with Gasteiger partial charge in [0.1, 0.15) is 5.56 Å². The van der Waals surface area contributed by atoms with E-state index in [1.807, 2.05) is 13.0 Å². The number of benzene rings is 1. The van der Waals surface area contributed by atoms with Gasteiger partial charge in [0.15, 0.2) is 11.5 Å². The standard InChI is InChI=1S/C12H16O4/c1-5-16-12(13)9-6-8(2)7-10(14-3)11(9)15-4/h6-7H,5H2,1-4H3. The number of aryl methyl sites for hydroxylation is 1. The molecular weight excluding hydrogens is 208 g/mol. The molecule has 1 rings (SSSR count). The lowest BCUT2D eigenvalue weighted by atomic mass is 10.1. The van der Waals surface area contributed by atoms with Crippen LogP contribution < -0.4 is 9.47 Å². The molecule has 0 saturated heterocycles. The quantitative estimate of drug-likeness (QED) is 0.735. The smallest absolute Gasteiger partial charge is 0.342 e. The van der Waals surface area contributed by atoms with Crippen molar-refractivity contribution < 1.29 is 19.0 Å². The van der Waals surface area contributed by atoms with Gasteiger partial charge in [0.05, 0.1) is 20.8 Å². The van der Waals surface area contributed by atoms with E-state index in [9.17, 15) is 4.79 Å². The van der Waals surface area contributed by atoms with E-state index in [0.717, 1.165) is 5.56 Å². The zero-order chi connectivity index (χ0) is 12.1. The lowest BCUT2D eigenvalue weighted by Crippen LogP contribution is -2.08. The van der Waals surface area contributed by atoms with Crippen molar-refractivity contribution in [3.8, 4) is 11.5 Å². The van der Waals surface area contributed by atoms with Gasteiger partial charge in [0.25, 0.3) is 0 Å². The van der Waals surface area contributed by atoms with Gasteiger partial charge >= 0.3 is 5.97 Å². The molecule has 0 N–H and O–H groups in total. The first-order valence-electron chi connectivity index (χ1n) is 5.03. The van der Waals surface area contributed by atoms with Crippen LogP contribution in [0.15, 0.2) is 12.1 Å². The SMILES string of the molecule is CCOC(=O)c1cc(C)cc(OC)c1OC. The second-order valence-corrected chi connectivity index (χ2v) is 3.27. The molecule has 1 aromatic carbocycles. The van der Waals surface area contributed by atoms with Crippen molar-refractivity contribution in [3.63, 3.8) is 0 Å². The molecule has 0 aliphatic carbocycles. The Morgan fingerprint density at radius 2 is 1.94 bits per heavy atom. The third kappa shape index (κ3) is 2.45. The molecule has 0 heterocycles. The van der Waals surface area contributed by atoms with Crippen molar-refractivity contribution in [2.75, 3.05) is 20.8 Å². The van der Waals surface area contributed by atoms with Gasteiger partial charge in [-0.3, -0.25) is 0 Å². The molecule has 0 aromatic heterocycles. The van der Waals surface area contributed by atoms with E-state index in [1.165, 1.54) is 14.2 Å². The van der Waals surface area contributed by atoms with Gasteiger partial charge in [-0.25, -0.2) is 4.79 Å². The fourth-order valence-electron chi connectivity index (χ4n) is 1.46. The van der Waals surface area contributed by atoms with Crippen LogP contribution in [0.1, 0.15) is 22.8 Å². The molecular formula is C12H16O4. The zero-order valence-corrected chi connectivity index (χ0v) is 9.99. The number of carbonyl (C=O) groups is 1. The van der Waals surface area contributed by atoms with Crippen molar-refractivity contribution >= 4 is 5.97 Å². The number of ether oxygens (including phenoxy) is 3. The van der Waals surface area contributed by atoms with E-state index in [-0.39, 0.29) is 0 Å². The highest BCUT2D eigenvalue weighted by atomic mass is 16.5. The second-order valence-electron chi connectivity index (χ2n) is 3.27. The van der Waals surface area contributed by atoms with Gasteiger partial charge in [-0.15, -0.1) is 0 Å². The average molecular weight is 224 g/mol. The third-order valence-corrected chi connectivity index (χ3v) is 2.12. The van der Waals surface area contributed by atoms with Crippen molar-refractivity contribution in [2.24, 2.45) is 0 Å². The largest absolute Gasteiger partial charge is 0.493 e. The predicted molar refractivity (Wildman–Crippen MR) is 60.2 cm³/mol. The van der Waals surface area contributed by atoms with Gasteiger partial charge < -0.3 is 14.2 Å². The molecule has 0 fully saturated rings. The molecule has 88 valence electrons. The van der Waals surface area contributed by atoms with Crippen LogP contribution in [0, 0.1) is 6.92 Å². The molecule has 0 radical (unpaired) electrons. The number of rotatable bonds is 4. The second kappa shape index (κ2) is 5.39. The molecule has 0 unspecified atom stereocenters. The van der Waals surface area contributed by atoms with Crippen molar-refractivity contribution in [3.05, 3.63) is 23.3 Å². The Balaban J connectivity index is 3.24. The number of esters is 1. The minimum atomic E-state index is -0.402. The van der Waals surface area contributed by atoms with Crippen LogP contribution in [0.5, 0.6) is 11.5 Å². The van der Waals surface area contributed by atoms with Crippen LogP contribution in [-0.4, -0.2) is 26.8 Å². The molecule has 0 amide bonds. The molecule has 0 bridgehead atoms. The van der Waals surface area contributed by atoms with Crippen LogP contribution in [0.25, 0.3) is 0 Å². The highest BCUT2D eigenvalue weighted by molar-refractivity contribution is 5.93. The van der Waals surface area contributed by atoms with Crippen LogP contribution in [0.2, 0.25) is 0 Å². The summed E-state index contributed by atoms with van der Waals surface area (Å²) in [7, 11) is 3.03. The average Bonchev–Trinajstić information content (AvgIpc) is 2.28. The summed E-state index contributed by atoms with van der Waals surface area (Å²) in [5.41, 5.74) is 1.31. The van der Waals surface area contributed by atoms with Gasteiger partial charge in [0, 0.05) is 0 Å². The summed E-state index contributed by atoms with van der Waals surface area (Å²) in [6.07, 6.45) is 0. The first-order valence-corrected chi connectivity index (χ1v) is 5.03. The zero-order valence-electron chi connectivity index (χ0n) is 9.99. The summed E-state index contributed by atoms with van der Waals surface area (Å²) in [6, 6.07) is 3.53. The molecule has 16 heavy (non-hydrogen) atoms. The van der Waals surface area contributed by atoms with Gasteiger partial charge in [0.2, 0.25) is 0 Å². The Morgan fingerprint density at radius 1 is 1.25 bits per heavy atom. The number of hydrogen-bond donors (Lipinski definition) is 0. The summed E-state index contributed by atoms with van der Waals surface area (Å²) in [5, 5.41) is 0. The third-order valence-electron chi connectivity index (χ3n) is 2.12. The normalized spacial score (nSPS) is 9.75. The maximum absolute atomic E-state index is 11.7. The van der Waals surface area contributed by atoms with Gasteiger partial charge in [-0.1, -0.05) is 0 Å². The summed E-state index contributed by atoms with van der Waals surface area (Å²) < 4.78 is 15.3. The summed E-state index contributed by atoms with van der Waals surface area (Å²) in [5.74, 6) is 0.540. The Kier molecular flexibility index (Phi) is 4.17. The fourth-order valence-corrected chi connectivity index (χ4v) is 1.46. The van der Waals surface area contributed by atoms with Crippen LogP contribution in [0.4, 0.5) is 0 Å². The van der Waals surface area contributed by atoms with Crippen LogP contribution in [0.3, 0.4) is 0 Å². The minimum Gasteiger partial charge on any atom is -0.493 e. The molecule has 0 aliphatic heterocycles. The molecule has 0 spiro atoms. The molecule has 0 aliphatic rings. The summed E-state index contributed by atoms with van der Waals surface area (Å²) >= 11 is 0. The van der Waals surface area contributed by atoms with Crippen molar-refractivity contribution in [1.82, 2.24) is 0 Å². The summed E-state index contributed by atoms with van der Waals surface area (Å²) in [6.45, 7) is 3.97. The van der Waals surface area contributed by atoms with Crippen LogP contribution >= 0.6 is 0 Å². The molecule has 1 aromatic rings. The van der Waals surface area contributed by atoms with Crippen molar-refractivity contribution in [2.45, 2.75) is 13.8 Å². The number of carbonyl (C=O) groups excluding carboxylic acids is 1. The maximum Gasteiger partial charge on any atom is 0.342 e. The lowest BCUT2D eigenvalue weighted by Gasteiger charge is -2.12. The first-order chi connectivity index (χ1) is 7.63. The lowest BCUT2D eigenvalue weighted by molar-refractivity contribution is 0.0522. The van der Waals surface area contributed by atoms with Crippen molar-refractivity contribution in [1.29, 1.82) is 0 Å². The van der Waals surface area contributed by atoms with E-state index in [0.29, 0.717) is 23.7 Å². The first kappa shape index (κ1) is 12.4. The molecule has 4 heteroatoms. The van der Waals surface area contributed by atoms with Gasteiger partial charge in [-0.05, 0) is 31.5 Å². The fraction of sp³-hybridized carbons (Fsp3) is 0.417. The van der Waals surface area contributed by atoms with E-state index in [4.69, 9.17) is 14.2 Å². The summed E-state index contributed by atoms with van der Waals surface area (Å²) in [4.78, 5) is 11.7. The Morgan fingerprint density at radius 3 is 2.44 bits per heavy atom. The number of methoxy groups -OCH3 is 2. The predicted octanol–water partition coefficient (Wildman–Crippen LogP) is 2.19. The highest BCUT2D eigenvalue weighted by Crippen LogP contribution is 2.32. The molecule has 4 nitrogen and oxygen atoms in total. The van der Waals surface area contributed by atoms with E-state index in [1.54, 1.807) is 13.0 Å². The highest BCUT2D eigenvalue weighted by Gasteiger charge is 2.18.